The summed E-state index contributed by atoms with van der Waals surface area (Å²) in [5, 5.41) is 10.9. The van der Waals surface area contributed by atoms with Crippen LogP contribution < -0.4 is 0 Å². The van der Waals surface area contributed by atoms with Crippen LogP contribution in [-0.2, 0) is 14.3 Å². The molecule has 2 fully saturated rings. The number of hydrogen-bond acceptors (Lipinski definition) is 4. The zero-order valence-corrected chi connectivity index (χ0v) is 11.4. The normalized spacial score (nSPS) is 47.9. The Bertz CT molecular complexity index is 483. The molecule has 0 heterocycles. The van der Waals surface area contributed by atoms with Crippen LogP contribution in [-0.4, -0.2) is 28.6 Å². The highest BCUT2D eigenvalue weighted by Gasteiger charge is 2.72. The van der Waals surface area contributed by atoms with Crippen molar-refractivity contribution in [3.63, 3.8) is 0 Å². The van der Waals surface area contributed by atoms with Gasteiger partial charge >= 0.3 is 5.97 Å². The molecule has 3 aliphatic carbocycles. The van der Waals surface area contributed by atoms with E-state index in [1.165, 1.54) is 6.92 Å². The summed E-state index contributed by atoms with van der Waals surface area (Å²) in [6, 6.07) is 0. The van der Waals surface area contributed by atoms with Gasteiger partial charge in [0, 0.05) is 24.2 Å². The van der Waals surface area contributed by atoms with E-state index in [-0.39, 0.29) is 17.6 Å². The van der Waals surface area contributed by atoms with E-state index in [1.807, 2.05) is 13.0 Å². The van der Waals surface area contributed by atoms with Crippen LogP contribution in [0.25, 0.3) is 0 Å². The fraction of sp³-hybridized carbons (Fsp3) is 0.733. The molecule has 104 valence electrons. The van der Waals surface area contributed by atoms with Gasteiger partial charge in [0.15, 0.2) is 11.9 Å². The quantitative estimate of drug-likeness (QED) is 0.579. The van der Waals surface area contributed by atoms with E-state index in [0.29, 0.717) is 12.8 Å². The zero-order valence-electron chi connectivity index (χ0n) is 11.4. The highest BCUT2D eigenvalue weighted by atomic mass is 16.5. The minimum absolute atomic E-state index is 0.108. The summed E-state index contributed by atoms with van der Waals surface area (Å²) < 4.78 is 5.35. The average Bonchev–Trinajstić information content (AvgIpc) is 2.49. The van der Waals surface area contributed by atoms with Crippen molar-refractivity contribution in [1.29, 1.82) is 0 Å². The van der Waals surface area contributed by atoms with Gasteiger partial charge in [0.05, 0.1) is 5.60 Å². The summed E-state index contributed by atoms with van der Waals surface area (Å²) in [5.74, 6) is -0.564. The maximum atomic E-state index is 12.3. The van der Waals surface area contributed by atoms with Crippen molar-refractivity contribution < 1.29 is 19.4 Å². The maximum absolute atomic E-state index is 12.3. The van der Waals surface area contributed by atoms with Crippen molar-refractivity contribution in [1.82, 2.24) is 0 Å². The Morgan fingerprint density at radius 1 is 1.42 bits per heavy atom. The molecule has 4 nitrogen and oxygen atoms in total. The Balaban J connectivity index is 2.13. The largest absolute Gasteiger partial charge is 0.454 e. The Labute approximate surface area is 112 Å². The smallest absolute Gasteiger partial charge is 0.303 e. The van der Waals surface area contributed by atoms with Crippen LogP contribution in [0.3, 0.4) is 0 Å². The van der Waals surface area contributed by atoms with E-state index < -0.39 is 23.1 Å². The molecule has 1 N–H and O–H groups in total. The second kappa shape index (κ2) is 3.69. The standard InChI is InChI=1S/C15H20O4/c1-10(16)19-12-11(17)9-15(18)8-7-14(12)6-4-3-5-13(14,15)2/h4,6,12,18H,3,5,7-9H2,1-2H3. The van der Waals surface area contributed by atoms with Gasteiger partial charge in [-0.15, -0.1) is 0 Å². The second-order valence-electron chi connectivity index (χ2n) is 6.48. The minimum Gasteiger partial charge on any atom is -0.454 e. The highest BCUT2D eigenvalue weighted by molar-refractivity contribution is 5.89. The highest BCUT2D eigenvalue weighted by Crippen LogP contribution is 2.68. The number of hydrogen-bond donors (Lipinski definition) is 1. The number of rotatable bonds is 1. The summed E-state index contributed by atoms with van der Waals surface area (Å²) in [7, 11) is 0. The first kappa shape index (κ1) is 12.9. The van der Waals surface area contributed by atoms with Crippen LogP contribution in [0.4, 0.5) is 0 Å². The first-order valence-corrected chi connectivity index (χ1v) is 6.95. The molecule has 0 aromatic rings. The molecule has 4 atom stereocenters. The molecule has 0 aromatic heterocycles. The van der Waals surface area contributed by atoms with Crippen molar-refractivity contribution in [2.75, 3.05) is 0 Å². The lowest BCUT2D eigenvalue weighted by Crippen LogP contribution is -2.63. The molecule has 4 heteroatoms. The van der Waals surface area contributed by atoms with Crippen LogP contribution in [0.15, 0.2) is 12.2 Å². The number of aliphatic hydroxyl groups is 1. The number of allylic oxidation sites excluding steroid dienone is 1. The van der Waals surface area contributed by atoms with Gasteiger partial charge in [0.2, 0.25) is 0 Å². The van der Waals surface area contributed by atoms with Crippen LogP contribution in [0.5, 0.6) is 0 Å². The lowest BCUT2D eigenvalue weighted by atomic mass is 9.50. The molecule has 0 saturated heterocycles. The molecule has 0 aliphatic heterocycles. The lowest BCUT2D eigenvalue weighted by Gasteiger charge is -2.56. The van der Waals surface area contributed by atoms with Crippen molar-refractivity contribution >= 4 is 11.8 Å². The Kier molecular flexibility index (Phi) is 2.50. The molecule has 0 spiro atoms. The van der Waals surface area contributed by atoms with Gasteiger partial charge < -0.3 is 9.84 Å². The van der Waals surface area contributed by atoms with Crippen LogP contribution in [0.2, 0.25) is 0 Å². The predicted molar refractivity (Wildman–Crippen MR) is 68.3 cm³/mol. The Morgan fingerprint density at radius 3 is 2.84 bits per heavy atom. The molecule has 0 amide bonds. The van der Waals surface area contributed by atoms with E-state index >= 15 is 0 Å². The molecule has 2 saturated carbocycles. The van der Waals surface area contributed by atoms with E-state index in [1.54, 1.807) is 0 Å². The van der Waals surface area contributed by atoms with E-state index in [9.17, 15) is 14.7 Å². The molecule has 3 rings (SSSR count). The molecule has 2 bridgehead atoms. The third-order valence-corrected chi connectivity index (χ3v) is 5.74. The van der Waals surface area contributed by atoms with E-state index in [0.717, 1.165) is 12.8 Å². The van der Waals surface area contributed by atoms with Gasteiger partial charge in [-0.1, -0.05) is 19.1 Å². The van der Waals surface area contributed by atoms with Gasteiger partial charge in [0.25, 0.3) is 0 Å². The van der Waals surface area contributed by atoms with Gasteiger partial charge in [-0.05, 0) is 25.7 Å². The number of ether oxygens (including phenoxy) is 1. The zero-order chi connectivity index (χ0) is 13.9. The summed E-state index contributed by atoms with van der Waals surface area (Å²) in [4.78, 5) is 23.6. The van der Waals surface area contributed by atoms with Crippen molar-refractivity contribution in [2.24, 2.45) is 10.8 Å². The molecular formula is C15H20O4. The number of carbonyl (C=O) groups excluding carboxylic acids is 2. The Hall–Kier alpha value is -1.16. The summed E-state index contributed by atoms with van der Waals surface area (Å²) >= 11 is 0. The molecule has 3 aliphatic rings. The second-order valence-corrected chi connectivity index (χ2v) is 6.48. The van der Waals surface area contributed by atoms with Gasteiger partial charge in [-0.2, -0.15) is 0 Å². The summed E-state index contributed by atoms with van der Waals surface area (Å²) in [6.07, 6.45) is 6.53. The SMILES string of the molecule is CC(=O)OC1C(=O)CC2(O)CCC13C=CCCC23C. The topological polar surface area (TPSA) is 63.6 Å². The third-order valence-electron chi connectivity index (χ3n) is 5.74. The lowest BCUT2D eigenvalue weighted by molar-refractivity contribution is -0.191. The first-order valence-electron chi connectivity index (χ1n) is 6.95. The van der Waals surface area contributed by atoms with Crippen molar-refractivity contribution in [3.8, 4) is 0 Å². The maximum Gasteiger partial charge on any atom is 0.303 e. The number of carbonyl (C=O) groups is 2. The average molecular weight is 264 g/mol. The van der Waals surface area contributed by atoms with Crippen molar-refractivity contribution in [2.45, 2.75) is 57.7 Å². The van der Waals surface area contributed by atoms with Crippen LogP contribution in [0.1, 0.15) is 46.0 Å². The van der Waals surface area contributed by atoms with E-state index in [4.69, 9.17) is 4.74 Å². The molecule has 19 heavy (non-hydrogen) atoms. The van der Waals surface area contributed by atoms with E-state index in [2.05, 4.69) is 6.08 Å². The van der Waals surface area contributed by atoms with Gasteiger partial charge in [0.1, 0.15) is 0 Å². The molecular weight excluding hydrogens is 244 g/mol. The number of esters is 1. The predicted octanol–water partition coefficient (Wildman–Crippen LogP) is 1.76. The number of Topliss-reactive ketones (excluding diaryl/α,β-unsaturated/α-hetero) is 1. The van der Waals surface area contributed by atoms with Gasteiger partial charge in [-0.25, -0.2) is 0 Å². The van der Waals surface area contributed by atoms with Crippen LogP contribution >= 0.6 is 0 Å². The summed E-state index contributed by atoms with van der Waals surface area (Å²) in [6.45, 7) is 3.38. The van der Waals surface area contributed by atoms with Crippen molar-refractivity contribution in [3.05, 3.63) is 12.2 Å². The fourth-order valence-electron chi connectivity index (χ4n) is 4.59. The third kappa shape index (κ3) is 1.38. The Morgan fingerprint density at radius 2 is 2.16 bits per heavy atom. The monoisotopic (exact) mass is 264 g/mol. The molecule has 4 unspecified atom stereocenters. The summed E-state index contributed by atoms with van der Waals surface area (Å²) in [5.41, 5.74) is -1.82. The minimum atomic E-state index is -0.939. The number of ketones is 1. The van der Waals surface area contributed by atoms with Crippen LogP contribution in [0, 0.1) is 10.8 Å². The first-order chi connectivity index (χ1) is 8.85. The van der Waals surface area contributed by atoms with Gasteiger partial charge in [-0.3, -0.25) is 9.59 Å². The molecule has 0 aromatic carbocycles. The molecule has 0 radical (unpaired) electrons. The fourth-order valence-corrected chi connectivity index (χ4v) is 4.59.